The van der Waals surface area contributed by atoms with Gasteiger partial charge in [-0.3, -0.25) is 4.79 Å². The van der Waals surface area contributed by atoms with E-state index in [1.807, 2.05) is 0 Å². The van der Waals surface area contributed by atoms with Gasteiger partial charge in [0.2, 0.25) is 5.91 Å². The fourth-order valence-electron chi connectivity index (χ4n) is 1.21. The zero-order valence-corrected chi connectivity index (χ0v) is 8.11. The van der Waals surface area contributed by atoms with E-state index in [4.69, 9.17) is 10.8 Å². The number of nitrogens with two attached hydrogens (primary N) is 1. The van der Waals surface area contributed by atoms with E-state index in [2.05, 4.69) is 8.75 Å². The van der Waals surface area contributed by atoms with Gasteiger partial charge in [-0.15, -0.1) is 0 Å². The van der Waals surface area contributed by atoms with Crippen molar-refractivity contribution in [2.24, 2.45) is 5.73 Å². The molecule has 0 aliphatic rings. The number of carbonyl (C=O) groups excluding carboxylic acids is 1. The van der Waals surface area contributed by atoms with Crippen LogP contribution >= 0.6 is 11.7 Å². The highest BCUT2D eigenvalue weighted by atomic mass is 32.1. The summed E-state index contributed by atoms with van der Waals surface area (Å²) in [5, 5.41) is 8.86. The Morgan fingerprint density at radius 1 is 1.20 bits per heavy atom. The van der Waals surface area contributed by atoms with E-state index in [1.165, 1.54) is 12.1 Å². The number of amides is 1. The molecule has 1 aromatic heterocycles. The summed E-state index contributed by atoms with van der Waals surface area (Å²) in [5.41, 5.74) is 5.78. The van der Waals surface area contributed by atoms with Crippen LogP contribution in [0.15, 0.2) is 12.1 Å². The van der Waals surface area contributed by atoms with Crippen molar-refractivity contribution in [1.82, 2.24) is 8.75 Å². The lowest BCUT2D eigenvalue weighted by Gasteiger charge is -2.00. The Bertz CT molecular complexity index is 515. The van der Waals surface area contributed by atoms with Crippen LogP contribution in [0.5, 0.6) is 0 Å². The van der Waals surface area contributed by atoms with Gasteiger partial charge in [-0.2, -0.15) is 8.75 Å². The average molecular weight is 223 g/mol. The maximum Gasteiger partial charge on any atom is 0.336 e. The van der Waals surface area contributed by atoms with Crippen molar-refractivity contribution in [2.75, 3.05) is 0 Å². The van der Waals surface area contributed by atoms with Crippen LogP contribution in [0.2, 0.25) is 0 Å². The summed E-state index contributed by atoms with van der Waals surface area (Å²) in [6.45, 7) is 0. The van der Waals surface area contributed by atoms with Crippen LogP contribution in [0.25, 0.3) is 11.0 Å². The number of benzene rings is 1. The van der Waals surface area contributed by atoms with Crippen LogP contribution in [-0.2, 0) is 0 Å². The van der Waals surface area contributed by atoms with Gasteiger partial charge in [-0.25, -0.2) is 4.79 Å². The third-order valence-corrected chi connectivity index (χ3v) is 2.45. The molecule has 0 atom stereocenters. The van der Waals surface area contributed by atoms with Crippen molar-refractivity contribution >= 4 is 34.6 Å². The lowest BCUT2D eigenvalue weighted by Crippen LogP contribution is -2.16. The molecule has 0 radical (unpaired) electrons. The van der Waals surface area contributed by atoms with Crippen LogP contribution in [0.4, 0.5) is 0 Å². The summed E-state index contributed by atoms with van der Waals surface area (Å²) in [7, 11) is 0. The summed E-state index contributed by atoms with van der Waals surface area (Å²) in [6, 6.07) is 2.63. The van der Waals surface area contributed by atoms with Gasteiger partial charge in [0.25, 0.3) is 0 Å². The Morgan fingerprint density at radius 2 is 1.73 bits per heavy atom. The van der Waals surface area contributed by atoms with E-state index in [9.17, 15) is 9.59 Å². The van der Waals surface area contributed by atoms with Crippen LogP contribution in [0, 0.1) is 0 Å². The molecule has 7 heteroatoms. The van der Waals surface area contributed by atoms with Gasteiger partial charge in [-0.05, 0) is 12.1 Å². The second kappa shape index (κ2) is 3.28. The predicted molar refractivity (Wildman–Crippen MR) is 52.9 cm³/mol. The Morgan fingerprint density at radius 3 is 2.20 bits per heavy atom. The Balaban J connectivity index is 2.79. The molecule has 1 amide bonds. The summed E-state index contributed by atoms with van der Waals surface area (Å²) >= 11 is 0.949. The van der Waals surface area contributed by atoms with E-state index in [0.717, 1.165) is 11.7 Å². The molecule has 6 nitrogen and oxygen atoms in total. The van der Waals surface area contributed by atoms with E-state index in [0.29, 0.717) is 11.0 Å². The third kappa shape index (κ3) is 1.52. The molecule has 0 fully saturated rings. The number of aromatic nitrogens is 2. The molecule has 1 aromatic carbocycles. The molecule has 0 unspecified atom stereocenters. The van der Waals surface area contributed by atoms with Gasteiger partial charge in [0.05, 0.1) is 22.9 Å². The van der Waals surface area contributed by atoms with Crippen LogP contribution < -0.4 is 5.73 Å². The Hall–Kier alpha value is -2.02. The van der Waals surface area contributed by atoms with Gasteiger partial charge in [0.15, 0.2) is 0 Å². The predicted octanol–water partition coefficient (Wildman–Crippen LogP) is 0.488. The topological polar surface area (TPSA) is 106 Å². The standard InChI is InChI=1S/C8H5N3O3S/c9-7(12)3-1-5-6(11-15-10-5)2-4(3)8(13)14/h1-2H,(H2,9,12)(H,13,14). The minimum atomic E-state index is -1.21. The van der Waals surface area contributed by atoms with Crippen LogP contribution in [-0.4, -0.2) is 25.7 Å². The number of fused-ring (bicyclic) bond motifs is 1. The minimum absolute atomic E-state index is 0.0531. The quantitative estimate of drug-likeness (QED) is 0.770. The minimum Gasteiger partial charge on any atom is -0.478 e. The fourth-order valence-corrected chi connectivity index (χ4v) is 1.72. The van der Waals surface area contributed by atoms with E-state index < -0.39 is 11.9 Å². The van der Waals surface area contributed by atoms with E-state index in [1.54, 1.807) is 0 Å². The monoisotopic (exact) mass is 223 g/mol. The summed E-state index contributed by atoms with van der Waals surface area (Å²) in [6.07, 6.45) is 0. The molecule has 2 rings (SSSR count). The van der Waals surface area contributed by atoms with Crippen molar-refractivity contribution in [3.05, 3.63) is 23.3 Å². The first-order valence-corrected chi connectivity index (χ1v) is 4.62. The number of hydrogen-bond donors (Lipinski definition) is 2. The lowest BCUT2D eigenvalue weighted by atomic mass is 10.1. The zero-order chi connectivity index (χ0) is 11.0. The molecule has 3 N–H and O–H groups in total. The number of rotatable bonds is 2. The van der Waals surface area contributed by atoms with Gasteiger partial charge >= 0.3 is 5.97 Å². The van der Waals surface area contributed by atoms with Crippen LogP contribution in [0.3, 0.4) is 0 Å². The molecule has 0 saturated heterocycles. The van der Waals surface area contributed by atoms with Crippen LogP contribution in [0.1, 0.15) is 20.7 Å². The molecule has 0 spiro atoms. The summed E-state index contributed by atoms with van der Waals surface area (Å²) in [4.78, 5) is 21.8. The fraction of sp³-hybridized carbons (Fsp3) is 0. The van der Waals surface area contributed by atoms with Gasteiger partial charge in [0, 0.05) is 0 Å². The maximum atomic E-state index is 11.0. The molecule has 0 saturated carbocycles. The zero-order valence-electron chi connectivity index (χ0n) is 7.30. The van der Waals surface area contributed by atoms with Gasteiger partial charge in [-0.1, -0.05) is 0 Å². The van der Waals surface area contributed by atoms with Gasteiger partial charge < -0.3 is 10.8 Å². The van der Waals surface area contributed by atoms with Crippen molar-refractivity contribution in [1.29, 1.82) is 0 Å². The van der Waals surface area contributed by atoms with Crippen molar-refractivity contribution in [3.63, 3.8) is 0 Å². The third-order valence-electron chi connectivity index (χ3n) is 1.89. The average Bonchev–Trinajstić information content (AvgIpc) is 2.61. The van der Waals surface area contributed by atoms with Crippen molar-refractivity contribution in [3.8, 4) is 0 Å². The van der Waals surface area contributed by atoms with Crippen molar-refractivity contribution in [2.45, 2.75) is 0 Å². The molecule has 15 heavy (non-hydrogen) atoms. The number of carbonyl (C=O) groups is 2. The highest BCUT2D eigenvalue weighted by molar-refractivity contribution is 7.00. The maximum absolute atomic E-state index is 11.0. The summed E-state index contributed by atoms with van der Waals surface area (Å²) < 4.78 is 7.77. The highest BCUT2D eigenvalue weighted by Crippen LogP contribution is 2.18. The molecule has 1 heterocycles. The number of hydrogen-bond acceptors (Lipinski definition) is 5. The largest absolute Gasteiger partial charge is 0.478 e. The normalized spacial score (nSPS) is 10.4. The second-order valence-corrected chi connectivity index (χ2v) is 3.35. The first-order chi connectivity index (χ1) is 7.09. The number of carboxylic acid groups (broad SMARTS) is 1. The second-order valence-electron chi connectivity index (χ2n) is 2.82. The molecule has 76 valence electrons. The number of nitrogens with zero attached hydrogens (tertiary/aromatic N) is 2. The smallest absolute Gasteiger partial charge is 0.336 e. The molecule has 0 bridgehead atoms. The first kappa shape index (κ1) is 9.53. The number of carboxylic acids is 1. The summed E-state index contributed by atoms with van der Waals surface area (Å²) in [5.74, 6) is -2.00. The first-order valence-electron chi connectivity index (χ1n) is 3.89. The molecular formula is C8H5N3O3S. The lowest BCUT2D eigenvalue weighted by molar-refractivity contribution is 0.0692. The molecule has 2 aromatic rings. The molecular weight excluding hydrogens is 218 g/mol. The molecule has 0 aliphatic heterocycles. The molecule has 0 aliphatic carbocycles. The van der Waals surface area contributed by atoms with Crippen molar-refractivity contribution < 1.29 is 14.7 Å². The highest BCUT2D eigenvalue weighted by Gasteiger charge is 2.16. The van der Waals surface area contributed by atoms with E-state index in [-0.39, 0.29) is 11.1 Å². The van der Waals surface area contributed by atoms with E-state index >= 15 is 0 Å². The number of aromatic carboxylic acids is 1. The SMILES string of the molecule is NC(=O)c1cc2nsnc2cc1C(=O)O. The Labute approximate surface area is 87.7 Å². The number of primary amides is 1. The van der Waals surface area contributed by atoms with Gasteiger partial charge in [0.1, 0.15) is 11.0 Å². The Kier molecular flexibility index (Phi) is 2.09.